The molecule has 2 aliphatic rings. The molecule has 1 aliphatic heterocycles. The SMILES string of the molecule is CCCCC1NCN(C2CCC(C)C(C)C2)C1=O. The van der Waals surface area contributed by atoms with Gasteiger partial charge in [-0.05, 0) is 37.5 Å². The van der Waals surface area contributed by atoms with Crippen molar-refractivity contribution < 1.29 is 4.79 Å². The molecule has 3 nitrogen and oxygen atoms in total. The highest BCUT2D eigenvalue weighted by Crippen LogP contribution is 2.33. The van der Waals surface area contributed by atoms with E-state index in [1.165, 1.54) is 25.7 Å². The van der Waals surface area contributed by atoms with E-state index < -0.39 is 0 Å². The molecule has 3 heteroatoms. The van der Waals surface area contributed by atoms with Crippen LogP contribution in [-0.2, 0) is 4.79 Å². The molecule has 1 aliphatic carbocycles. The van der Waals surface area contributed by atoms with Gasteiger partial charge in [0.25, 0.3) is 0 Å². The summed E-state index contributed by atoms with van der Waals surface area (Å²) in [4.78, 5) is 14.5. The van der Waals surface area contributed by atoms with E-state index in [1.54, 1.807) is 0 Å². The van der Waals surface area contributed by atoms with Gasteiger partial charge in [0.15, 0.2) is 0 Å². The van der Waals surface area contributed by atoms with E-state index in [0.717, 1.165) is 31.3 Å². The van der Waals surface area contributed by atoms with Gasteiger partial charge in [0.05, 0.1) is 12.7 Å². The second kappa shape index (κ2) is 6.05. The molecule has 0 aromatic carbocycles. The third kappa shape index (κ3) is 2.87. The maximum absolute atomic E-state index is 12.4. The normalized spacial score (nSPS) is 37.3. The molecule has 1 heterocycles. The minimum Gasteiger partial charge on any atom is -0.326 e. The summed E-state index contributed by atoms with van der Waals surface area (Å²) in [6.07, 6.45) is 6.98. The fourth-order valence-corrected chi connectivity index (χ4v) is 3.32. The molecule has 1 saturated carbocycles. The summed E-state index contributed by atoms with van der Waals surface area (Å²) in [7, 11) is 0. The lowest BCUT2D eigenvalue weighted by molar-refractivity contribution is -0.132. The summed E-state index contributed by atoms with van der Waals surface area (Å²) in [5, 5.41) is 3.39. The minimum absolute atomic E-state index is 0.0969. The smallest absolute Gasteiger partial charge is 0.241 e. The Morgan fingerprint density at radius 3 is 2.72 bits per heavy atom. The van der Waals surface area contributed by atoms with Crippen LogP contribution in [0.15, 0.2) is 0 Å². The zero-order chi connectivity index (χ0) is 13.1. The minimum atomic E-state index is 0.0969. The first-order chi connectivity index (χ1) is 8.63. The lowest BCUT2D eigenvalue weighted by Crippen LogP contribution is -2.42. The Labute approximate surface area is 111 Å². The van der Waals surface area contributed by atoms with Crippen molar-refractivity contribution in [2.45, 2.75) is 71.4 Å². The molecule has 1 saturated heterocycles. The number of unbranched alkanes of at least 4 members (excludes halogenated alkanes) is 1. The first kappa shape index (κ1) is 13.9. The summed E-state index contributed by atoms with van der Waals surface area (Å²) in [6, 6.07) is 0.586. The van der Waals surface area contributed by atoms with E-state index in [2.05, 4.69) is 31.0 Å². The number of rotatable bonds is 4. The van der Waals surface area contributed by atoms with Gasteiger partial charge in [0.1, 0.15) is 0 Å². The molecule has 4 unspecified atom stereocenters. The van der Waals surface area contributed by atoms with E-state index >= 15 is 0 Å². The molecule has 0 aromatic rings. The van der Waals surface area contributed by atoms with Gasteiger partial charge in [-0.25, -0.2) is 0 Å². The maximum atomic E-state index is 12.4. The van der Waals surface area contributed by atoms with Crippen molar-refractivity contribution in [1.82, 2.24) is 10.2 Å². The van der Waals surface area contributed by atoms with Gasteiger partial charge in [0, 0.05) is 6.04 Å². The molecule has 0 bridgehead atoms. The molecule has 1 N–H and O–H groups in total. The number of nitrogens with zero attached hydrogens (tertiary/aromatic N) is 1. The summed E-state index contributed by atoms with van der Waals surface area (Å²) < 4.78 is 0. The Kier molecular flexibility index (Phi) is 4.66. The number of hydrogen-bond acceptors (Lipinski definition) is 2. The maximum Gasteiger partial charge on any atom is 0.241 e. The zero-order valence-electron chi connectivity index (χ0n) is 12.1. The van der Waals surface area contributed by atoms with Crippen molar-refractivity contribution in [2.75, 3.05) is 6.67 Å². The van der Waals surface area contributed by atoms with Crippen molar-refractivity contribution in [3.63, 3.8) is 0 Å². The van der Waals surface area contributed by atoms with Crippen molar-refractivity contribution in [3.05, 3.63) is 0 Å². The Bertz CT molecular complexity index is 292. The average molecular weight is 252 g/mol. The topological polar surface area (TPSA) is 32.3 Å². The Morgan fingerprint density at radius 1 is 1.28 bits per heavy atom. The van der Waals surface area contributed by atoms with Gasteiger partial charge in [-0.15, -0.1) is 0 Å². The Hall–Kier alpha value is -0.570. The van der Waals surface area contributed by atoms with E-state index in [1.807, 2.05) is 0 Å². The number of hydrogen-bond donors (Lipinski definition) is 1. The lowest BCUT2D eigenvalue weighted by atomic mass is 9.78. The van der Waals surface area contributed by atoms with Gasteiger partial charge in [-0.3, -0.25) is 10.1 Å². The van der Waals surface area contributed by atoms with E-state index in [0.29, 0.717) is 11.9 Å². The van der Waals surface area contributed by atoms with E-state index in [-0.39, 0.29) is 6.04 Å². The molecule has 0 spiro atoms. The first-order valence-corrected chi connectivity index (χ1v) is 7.67. The third-order valence-electron chi connectivity index (χ3n) is 4.95. The first-order valence-electron chi connectivity index (χ1n) is 7.67. The predicted molar refractivity (Wildman–Crippen MR) is 74.1 cm³/mol. The summed E-state index contributed by atoms with van der Waals surface area (Å²) in [5.41, 5.74) is 0. The highest BCUT2D eigenvalue weighted by molar-refractivity contribution is 5.84. The second-order valence-corrected chi connectivity index (χ2v) is 6.29. The van der Waals surface area contributed by atoms with Crippen LogP contribution < -0.4 is 5.32 Å². The largest absolute Gasteiger partial charge is 0.326 e. The van der Waals surface area contributed by atoms with Crippen LogP contribution in [-0.4, -0.2) is 29.6 Å². The number of amides is 1. The van der Waals surface area contributed by atoms with E-state index in [9.17, 15) is 4.79 Å². The molecular formula is C15H28N2O. The lowest BCUT2D eigenvalue weighted by Gasteiger charge is -2.37. The summed E-state index contributed by atoms with van der Waals surface area (Å²) >= 11 is 0. The molecule has 2 rings (SSSR count). The molecule has 2 fully saturated rings. The fourth-order valence-electron chi connectivity index (χ4n) is 3.32. The van der Waals surface area contributed by atoms with Crippen molar-refractivity contribution in [3.8, 4) is 0 Å². The highest BCUT2D eigenvalue weighted by atomic mass is 16.2. The molecule has 0 aromatic heterocycles. The quantitative estimate of drug-likeness (QED) is 0.834. The van der Waals surface area contributed by atoms with Gasteiger partial charge in [-0.2, -0.15) is 0 Å². The van der Waals surface area contributed by atoms with Crippen LogP contribution in [0.25, 0.3) is 0 Å². The molecule has 104 valence electrons. The average Bonchev–Trinajstić information content (AvgIpc) is 2.72. The van der Waals surface area contributed by atoms with Crippen LogP contribution >= 0.6 is 0 Å². The third-order valence-corrected chi connectivity index (χ3v) is 4.95. The molecular weight excluding hydrogens is 224 g/mol. The Balaban J connectivity index is 1.89. The highest BCUT2D eigenvalue weighted by Gasteiger charge is 2.37. The van der Waals surface area contributed by atoms with Gasteiger partial charge < -0.3 is 4.90 Å². The zero-order valence-corrected chi connectivity index (χ0v) is 12.1. The van der Waals surface area contributed by atoms with Crippen LogP contribution in [0.3, 0.4) is 0 Å². The van der Waals surface area contributed by atoms with E-state index in [4.69, 9.17) is 0 Å². The summed E-state index contributed by atoms with van der Waals surface area (Å²) in [5.74, 6) is 1.93. The molecule has 0 radical (unpaired) electrons. The van der Waals surface area contributed by atoms with Crippen molar-refractivity contribution in [1.29, 1.82) is 0 Å². The summed E-state index contributed by atoms with van der Waals surface area (Å²) in [6.45, 7) is 7.63. The van der Waals surface area contributed by atoms with Crippen LogP contribution in [0, 0.1) is 11.8 Å². The predicted octanol–water partition coefficient (Wildman–Crippen LogP) is 2.76. The monoisotopic (exact) mass is 252 g/mol. The van der Waals surface area contributed by atoms with Crippen LogP contribution in [0.4, 0.5) is 0 Å². The van der Waals surface area contributed by atoms with Crippen molar-refractivity contribution in [2.24, 2.45) is 11.8 Å². The fraction of sp³-hybridized carbons (Fsp3) is 0.933. The van der Waals surface area contributed by atoms with Crippen LogP contribution in [0.1, 0.15) is 59.3 Å². The van der Waals surface area contributed by atoms with Gasteiger partial charge in [0.2, 0.25) is 5.91 Å². The van der Waals surface area contributed by atoms with Crippen LogP contribution in [0.5, 0.6) is 0 Å². The number of nitrogens with one attached hydrogen (secondary N) is 1. The second-order valence-electron chi connectivity index (χ2n) is 6.29. The van der Waals surface area contributed by atoms with Crippen molar-refractivity contribution >= 4 is 5.91 Å². The molecule has 4 atom stereocenters. The standard InChI is InChI=1S/C15H28N2O/c1-4-5-6-14-15(18)17(10-16-14)13-8-7-11(2)12(3)9-13/h11-14,16H,4-10H2,1-3H3. The molecule has 1 amide bonds. The van der Waals surface area contributed by atoms with Gasteiger partial charge >= 0.3 is 0 Å². The number of carbonyl (C=O) groups is 1. The Morgan fingerprint density at radius 2 is 2.06 bits per heavy atom. The molecule has 18 heavy (non-hydrogen) atoms. The number of carbonyl (C=O) groups excluding carboxylic acids is 1. The van der Waals surface area contributed by atoms with Crippen LogP contribution in [0.2, 0.25) is 0 Å². The van der Waals surface area contributed by atoms with Gasteiger partial charge in [-0.1, -0.05) is 33.6 Å².